The quantitative estimate of drug-likeness (QED) is 0.0137. The minimum atomic E-state index is -1.11. The molecular weight excluding hydrogens is 1180 g/mol. The fraction of sp³-hybridized carbons (Fsp3) is 0.507. The molecule has 1 aliphatic carbocycles. The first kappa shape index (κ1) is 73.9. The number of aromatic nitrogens is 1. The van der Waals surface area contributed by atoms with Crippen molar-refractivity contribution in [3.05, 3.63) is 119 Å². The summed E-state index contributed by atoms with van der Waals surface area (Å²) in [6.07, 6.45) is 13.0. The normalized spacial score (nSPS) is 12.8. The number of phenols is 1. The first-order valence-corrected chi connectivity index (χ1v) is 32.1. The fourth-order valence-corrected chi connectivity index (χ4v) is 10.2. The molecule has 0 aliphatic heterocycles. The van der Waals surface area contributed by atoms with Crippen molar-refractivity contribution in [2.45, 2.75) is 160 Å². The standard InChI is InChI=1S/C67H94N12O13/c1-2-18-50-48-20-14-25-56(81)49(48)30-32-59(50)91-41-13-3-12-40-90-57-26-15-27-58(51(57)31-34-63(84)85)92-42-16-28-61(82)71-38-17-39-72-65(87)52(21-6-9-35-68)77-67(89)54(23-8-11-37-70)78-66(88)53(22-7-10-36-69)76-62(83)45-74-64(86)47-29-33-60(73-43-47)79-75-44-46-19-4-5-24-55(46)80/h2,4-5,15,19,24,26-27,29-30,32-33,43,52-54,80H,1,3,6-14,16-18,20-23,25,28,31,34-42,44-45,68-70H2,(H,71,82)(H,72,87)(H,74,86)(H,76,83)(H,77,89)(H,78,88)(H,84,85). The number of aliphatic carboxylic acids is 1. The van der Waals surface area contributed by atoms with Crippen LogP contribution in [-0.2, 0) is 54.6 Å². The van der Waals surface area contributed by atoms with Crippen molar-refractivity contribution in [1.29, 1.82) is 0 Å². The van der Waals surface area contributed by atoms with E-state index in [4.69, 9.17) is 31.4 Å². The second-order valence-corrected chi connectivity index (χ2v) is 22.4. The number of nitrogens with zero attached hydrogens (tertiary/aromatic N) is 3. The third-order valence-corrected chi connectivity index (χ3v) is 15.2. The number of Topliss-reactive ketones (excluding diaryl/α,β-unsaturated/α-hetero) is 1. The molecule has 3 atom stereocenters. The lowest BCUT2D eigenvalue weighted by Gasteiger charge is -2.25. The van der Waals surface area contributed by atoms with Gasteiger partial charge in [0, 0.05) is 60.8 Å². The van der Waals surface area contributed by atoms with Gasteiger partial charge in [-0.3, -0.25) is 38.4 Å². The highest BCUT2D eigenvalue weighted by atomic mass is 16.5. The van der Waals surface area contributed by atoms with E-state index in [1.807, 2.05) is 18.2 Å². The number of carboxylic acid groups (broad SMARTS) is 1. The molecule has 500 valence electrons. The Kier molecular flexibility index (Phi) is 34.0. The van der Waals surface area contributed by atoms with Crippen LogP contribution < -0.4 is 63.3 Å². The highest BCUT2D eigenvalue weighted by Gasteiger charge is 2.30. The van der Waals surface area contributed by atoms with Crippen LogP contribution in [0.1, 0.15) is 159 Å². The second kappa shape index (κ2) is 42.3. The summed E-state index contributed by atoms with van der Waals surface area (Å²) in [6.45, 7) is 6.08. The van der Waals surface area contributed by atoms with Crippen LogP contribution in [0.4, 0.5) is 5.82 Å². The number of para-hydroxylation sites is 1. The number of nitrogens with two attached hydrogens (primary N) is 3. The third kappa shape index (κ3) is 26.6. The molecule has 1 aromatic heterocycles. The van der Waals surface area contributed by atoms with E-state index in [-0.39, 0.29) is 93.6 Å². The molecule has 0 fully saturated rings. The van der Waals surface area contributed by atoms with Gasteiger partial charge in [-0.15, -0.1) is 11.7 Å². The largest absolute Gasteiger partial charge is 0.508 e. The summed E-state index contributed by atoms with van der Waals surface area (Å²) in [4.78, 5) is 109. The van der Waals surface area contributed by atoms with E-state index in [1.165, 1.54) is 18.3 Å². The van der Waals surface area contributed by atoms with Gasteiger partial charge in [0.25, 0.3) is 5.91 Å². The molecule has 25 nitrogen and oxygen atoms in total. The number of hydrogen-bond donors (Lipinski definition) is 11. The van der Waals surface area contributed by atoms with Crippen LogP contribution in [0.25, 0.3) is 0 Å². The third-order valence-electron chi connectivity index (χ3n) is 15.2. The molecule has 3 aromatic carbocycles. The number of rotatable bonds is 46. The Bertz CT molecular complexity index is 3050. The second-order valence-electron chi connectivity index (χ2n) is 22.4. The highest BCUT2D eigenvalue weighted by Crippen LogP contribution is 2.33. The van der Waals surface area contributed by atoms with Crippen molar-refractivity contribution in [2.24, 2.45) is 27.4 Å². The lowest BCUT2D eigenvalue weighted by atomic mass is 9.86. The molecule has 4 aromatic rings. The summed E-state index contributed by atoms with van der Waals surface area (Å²) >= 11 is 0. The summed E-state index contributed by atoms with van der Waals surface area (Å²) < 4.78 is 18.4. The zero-order valence-electron chi connectivity index (χ0n) is 52.8. The number of benzene rings is 3. The molecule has 92 heavy (non-hydrogen) atoms. The average molecular weight is 1280 g/mol. The molecule has 0 saturated heterocycles. The van der Waals surface area contributed by atoms with Crippen molar-refractivity contribution in [2.75, 3.05) is 59.1 Å². The zero-order chi connectivity index (χ0) is 66.3. The van der Waals surface area contributed by atoms with Crippen LogP contribution >= 0.6 is 0 Å². The number of pyridine rings is 1. The molecule has 3 unspecified atom stereocenters. The van der Waals surface area contributed by atoms with Crippen molar-refractivity contribution >= 4 is 53.0 Å². The number of aromatic hydroxyl groups is 1. The highest BCUT2D eigenvalue weighted by molar-refractivity contribution is 5.99. The predicted molar refractivity (Wildman–Crippen MR) is 348 cm³/mol. The predicted octanol–water partition coefficient (Wildman–Crippen LogP) is 6.02. The van der Waals surface area contributed by atoms with Crippen LogP contribution in [0.3, 0.4) is 0 Å². The van der Waals surface area contributed by atoms with Gasteiger partial charge in [0.2, 0.25) is 29.5 Å². The van der Waals surface area contributed by atoms with Gasteiger partial charge in [-0.05, 0) is 183 Å². The average Bonchev–Trinajstić information content (AvgIpc) is 0.848. The molecule has 14 N–H and O–H groups in total. The van der Waals surface area contributed by atoms with Crippen LogP contribution in [0.2, 0.25) is 0 Å². The van der Waals surface area contributed by atoms with Crippen LogP contribution in [0.5, 0.6) is 23.0 Å². The van der Waals surface area contributed by atoms with Crippen LogP contribution in [0.15, 0.2) is 95.8 Å². The fourth-order valence-electron chi connectivity index (χ4n) is 10.2. The maximum absolute atomic E-state index is 14.0. The number of ketones is 1. The Morgan fingerprint density at radius 1 is 0.620 bits per heavy atom. The number of carbonyl (C=O) groups is 8. The van der Waals surface area contributed by atoms with E-state index in [9.17, 15) is 48.6 Å². The van der Waals surface area contributed by atoms with Crippen molar-refractivity contribution < 1.29 is 62.8 Å². The number of fused-ring (bicyclic) bond motifs is 1. The number of phenolic OH excluding ortho intramolecular Hbond substituents is 1. The number of nitrogens with one attached hydrogen (secondary N) is 6. The van der Waals surface area contributed by atoms with Gasteiger partial charge < -0.3 is 73.5 Å². The smallest absolute Gasteiger partial charge is 0.303 e. The van der Waals surface area contributed by atoms with Gasteiger partial charge in [-0.25, -0.2) is 4.98 Å². The number of carboxylic acids is 1. The topological polar surface area (TPSA) is 393 Å². The Hall–Kier alpha value is -8.81. The van der Waals surface area contributed by atoms with E-state index in [0.717, 1.165) is 54.5 Å². The summed E-state index contributed by atoms with van der Waals surface area (Å²) in [5.74, 6) is -1.91. The van der Waals surface area contributed by atoms with E-state index in [1.54, 1.807) is 42.5 Å². The number of unbranched alkanes of at least 4 members (excludes halogenated alkanes) is 5. The van der Waals surface area contributed by atoms with Crippen molar-refractivity contribution in [3.63, 3.8) is 0 Å². The SMILES string of the molecule is C=CCc1c(OCCCCCOc2cccc(OCCCC(=O)NCCCNC(=O)C(CCCCN)NC(=O)C(CCCCN)NC(=O)C(CCCCN)NC(=O)CNC(=O)c3ccc(N=NCc4ccccc4O)nc3)c2CCC(=O)O)ccc2c1CCCC2=O. The van der Waals surface area contributed by atoms with Gasteiger partial charge in [-0.1, -0.05) is 30.3 Å². The summed E-state index contributed by atoms with van der Waals surface area (Å²) in [5, 5.41) is 44.0. The van der Waals surface area contributed by atoms with E-state index in [2.05, 4.69) is 53.7 Å². The molecule has 1 aliphatic rings. The molecule has 1 heterocycles. The molecule has 5 rings (SSSR count). The van der Waals surface area contributed by atoms with Crippen molar-refractivity contribution in [3.8, 4) is 23.0 Å². The summed E-state index contributed by atoms with van der Waals surface area (Å²) in [5.41, 5.74) is 21.5. The van der Waals surface area contributed by atoms with Crippen LogP contribution in [-0.4, -0.2) is 140 Å². The molecular formula is C67H94N12O13. The van der Waals surface area contributed by atoms with Gasteiger partial charge >= 0.3 is 5.97 Å². The monoisotopic (exact) mass is 1270 g/mol. The Morgan fingerprint density at radius 3 is 1.84 bits per heavy atom. The summed E-state index contributed by atoms with van der Waals surface area (Å²) in [6, 6.07) is 15.5. The minimum Gasteiger partial charge on any atom is -0.508 e. The van der Waals surface area contributed by atoms with Gasteiger partial charge in [-0.2, -0.15) is 5.11 Å². The Balaban J connectivity index is 1.04. The molecule has 0 saturated carbocycles. The lowest BCUT2D eigenvalue weighted by Crippen LogP contribution is -2.57. The maximum Gasteiger partial charge on any atom is 0.303 e. The molecule has 25 heteroatoms. The Morgan fingerprint density at radius 2 is 1.23 bits per heavy atom. The lowest BCUT2D eigenvalue weighted by molar-refractivity contribution is -0.137. The van der Waals surface area contributed by atoms with Gasteiger partial charge in [0.1, 0.15) is 41.1 Å². The van der Waals surface area contributed by atoms with Gasteiger partial charge in [0.15, 0.2) is 11.6 Å². The number of allylic oxidation sites excluding steroid dienone is 1. The van der Waals surface area contributed by atoms with E-state index >= 15 is 0 Å². The van der Waals surface area contributed by atoms with Gasteiger partial charge in [0.05, 0.1) is 38.5 Å². The first-order chi connectivity index (χ1) is 44.6. The zero-order valence-corrected chi connectivity index (χ0v) is 52.8. The number of azo groups is 1. The molecule has 0 spiro atoms. The molecule has 0 radical (unpaired) electrons. The van der Waals surface area contributed by atoms with E-state index < -0.39 is 60.2 Å². The number of carbonyl (C=O) groups excluding carboxylic acids is 7. The Labute approximate surface area is 538 Å². The van der Waals surface area contributed by atoms with E-state index in [0.29, 0.717) is 120 Å². The van der Waals surface area contributed by atoms with Crippen molar-refractivity contribution in [1.82, 2.24) is 36.9 Å². The molecule has 0 bridgehead atoms. The maximum atomic E-state index is 14.0. The van der Waals surface area contributed by atoms with Crippen LogP contribution in [0, 0.1) is 0 Å². The first-order valence-electron chi connectivity index (χ1n) is 32.1. The number of ether oxygens (including phenoxy) is 3. The number of hydrogen-bond acceptors (Lipinski definition) is 18. The molecule has 6 amide bonds. The number of amides is 6. The minimum absolute atomic E-state index is 0.0873. The summed E-state index contributed by atoms with van der Waals surface area (Å²) in [7, 11) is 0.